The lowest BCUT2D eigenvalue weighted by Gasteiger charge is -2.36. The van der Waals surface area contributed by atoms with Crippen LogP contribution in [-0.4, -0.2) is 29.4 Å². The number of benzene rings is 1. The van der Waals surface area contributed by atoms with Gasteiger partial charge in [-0.1, -0.05) is 18.2 Å². The minimum absolute atomic E-state index is 0.0628. The van der Waals surface area contributed by atoms with Crippen molar-refractivity contribution in [1.82, 2.24) is 0 Å². The molecule has 1 aromatic carbocycles. The van der Waals surface area contributed by atoms with E-state index >= 15 is 0 Å². The SMILES string of the molecule is NC(=NCC1(O)CCCC(C(F)(F)F)C1)Nc1ccccc1. The van der Waals surface area contributed by atoms with Crippen molar-refractivity contribution >= 4 is 11.6 Å². The quantitative estimate of drug-likeness (QED) is 0.593. The number of para-hydroxylation sites is 1. The molecule has 0 saturated heterocycles. The van der Waals surface area contributed by atoms with E-state index in [0.717, 1.165) is 5.69 Å². The molecule has 1 saturated carbocycles. The Morgan fingerprint density at radius 2 is 2.05 bits per heavy atom. The lowest BCUT2D eigenvalue weighted by Crippen LogP contribution is -2.43. The molecule has 1 fully saturated rings. The lowest BCUT2D eigenvalue weighted by atomic mass is 9.78. The van der Waals surface area contributed by atoms with Gasteiger partial charge in [-0.2, -0.15) is 13.2 Å². The summed E-state index contributed by atoms with van der Waals surface area (Å²) in [6.07, 6.45) is -3.89. The zero-order valence-electron chi connectivity index (χ0n) is 12.1. The summed E-state index contributed by atoms with van der Waals surface area (Å²) in [5.74, 6) is -1.39. The molecule has 22 heavy (non-hydrogen) atoms. The molecular formula is C15H20F3N3O. The smallest absolute Gasteiger partial charge is 0.388 e. The Balaban J connectivity index is 1.95. The molecule has 0 amide bonds. The van der Waals surface area contributed by atoms with E-state index in [-0.39, 0.29) is 25.3 Å². The van der Waals surface area contributed by atoms with E-state index in [1.54, 1.807) is 12.1 Å². The number of halogens is 3. The summed E-state index contributed by atoms with van der Waals surface area (Å²) in [7, 11) is 0. The van der Waals surface area contributed by atoms with Gasteiger partial charge in [-0.15, -0.1) is 0 Å². The number of rotatable bonds is 3. The van der Waals surface area contributed by atoms with Gasteiger partial charge >= 0.3 is 6.18 Å². The number of hydrogen-bond acceptors (Lipinski definition) is 2. The Morgan fingerprint density at radius 1 is 1.36 bits per heavy atom. The molecule has 2 unspecified atom stereocenters. The number of anilines is 1. The number of nitrogens with two attached hydrogens (primary N) is 1. The molecule has 0 radical (unpaired) electrons. The average Bonchev–Trinajstić information content (AvgIpc) is 2.46. The molecule has 2 atom stereocenters. The molecule has 7 heteroatoms. The summed E-state index contributed by atoms with van der Waals surface area (Å²) < 4.78 is 38.4. The van der Waals surface area contributed by atoms with E-state index in [2.05, 4.69) is 10.3 Å². The Labute approximate surface area is 127 Å². The molecule has 4 N–H and O–H groups in total. The summed E-state index contributed by atoms with van der Waals surface area (Å²) in [6, 6.07) is 9.06. The number of aliphatic hydroxyl groups is 1. The van der Waals surface area contributed by atoms with Gasteiger partial charge in [0.1, 0.15) is 0 Å². The fourth-order valence-electron chi connectivity index (χ4n) is 2.70. The van der Waals surface area contributed by atoms with Crippen LogP contribution in [0.4, 0.5) is 18.9 Å². The van der Waals surface area contributed by atoms with Crippen molar-refractivity contribution in [2.45, 2.75) is 37.5 Å². The van der Waals surface area contributed by atoms with Crippen molar-refractivity contribution in [3.05, 3.63) is 30.3 Å². The Hall–Kier alpha value is -1.76. The lowest BCUT2D eigenvalue weighted by molar-refractivity contribution is -0.199. The fraction of sp³-hybridized carbons (Fsp3) is 0.533. The summed E-state index contributed by atoms with van der Waals surface area (Å²) in [4.78, 5) is 4.00. The molecule has 1 aliphatic carbocycles. The van der Waals surface area contributed by atoms with E-state index in [1.165, 1.54) is 0 Å². The number of aliphatic imine (C=N–C) groups is 1. The van der Waals surface area contributed by atoms with Crippen LogP contribution in [0.5, 0.6) is 0 Å². The van der Waals surface area contributed by atoms with Crippen LogP contribution in [0.25, 0.3) is 0 Å². The average molecular weight is 315 g/mol. The molecule has 122 valence electrons. The maximum absolute atomic E-state index is 12.8. The highest BCUT2D eigenvalue weighted by molar-refractivity contribution is 5.92. The van der Waals surface area contributed by atoms with Gasteiger partial charge in [-0.3, -0.25) is 4.99 Å². The predicted molar refractivity (Wildman–Crippen MR) is 79.5 cm³/mol. The highest BCUT2D eigenvalue weighted by Crippen LogP contribution is 2.41. The van der Waals surface area contributed by atoms with Crippen molar-refractivity contribution < 1.29 is 18.3 Å². The third-order valence-electron chi connectivity index (χ3n) is 3.87. The van der Waals surface area contributed by atoms with Gasteiger partial charge in [0.2, 0.25) is 0 Å². The molecular weight excluding hydrogens is 295 g/mol. The van der Waals surface area contributed by atoms with E-state index in [9.17, 15) is 18.3 Å². The highest BCUT2D eigenvalue weighted by atomic mass is 19.4. The van der Waals surface area contributed by atoms with Crippen LogP contribution in [0.2, 0.25) is 0 Å². The third-order valence-corrected chi connectivity index (χ3v) is 3.87. The van der Waals surface area contributed by atoms with Gasteiger partial charge in [-0.25, -0.2) is 0 Å². The van der Waals surface area contributed by atoms with Crippen LogP contribution in [0, 0.1) is 5.92 Å². The normalized spacial score (nSPS) is 26.7. The Morgan fingerprint density at radius 3 is 2.68 bits per heavy atom. The highest BCUT2D eigenvalue weighted by Gasteiger charge is 2.46. The first-order chi connectivity index (χ1) is 10.3. The van der Waals surface area contributed by atoms with Crippen molar-refractivity contribution in [2.75, 3.05) is 11.9 Å². The number of alkyl halides is 3. The van der Waals surface area contributed by atoms with Gasteiger partial charge in [0.15, 0.2) is 5.96 Å². The Bertz CT molecular complexity index is 519. The van der Waals surface area contributed by atoms with Gasteiger partial charge in [-0.05, 0) is 37.8 Å². The van der Waals surface area contributed by atoms with Crippen molar-refractivity contribution in [2.24, 2.45) is 16.6 Å². The van der Waals surface area contributed by atoms with E-state index in [1.807, 2.05) is 18.2 Å². The zero-order valence-corrected chi connectivity index (χ0v) is 12.1. The molecule has 0 heterocycles. The standard InChI is InChI=1S/C15H20F3N3O/c16-15(17,18)11-5-4-8-14(22,9-11)10-20-13(19)21-12-6-2-1-3-7-12/h1-3,6-7,11,22H,4-5,8-10H2,(H3,19,20,21). The molecule has 0 bridgehead atoms. The van der Waals surface area contributed by atoms with Gasteiger partial charge < -0.3 is 16.2 Å². The number of hydrogen-bond donors (Lipinski definition) is 3. The maximum atomic E-state index is 12.8. The predicted octanol–water partition coefficient (Wildman–Crippen LogP) is 2.90. The first-order valence-corrected chi connectivity index (χ1v) is 7.20. The topological polar surface area (TPSA) is 70.6 Å². The second kappa shape index (κ2) is 6.56. The van der Waals surface area contributed by atoms with Gasteiger partial charge in [0.25, 0.3) is 0 Å². The summed E-state index contributed by atoms with van der Waals surface area (Å²) in [5, 5.41) is 13.2. The van der Waals surface area contributed by atoms with Crippen LogP contribution >= 0.6 is 0 Å². The minimum Gasteiger partial charge on any atom is -0.388 e. The molecule has 0 spiro atoms. The molecule has 4 nitrogen and oxygen atoms in total. The summed E-state index contributed by atoms with van der Waals surface area (Å²) in [5.41, 5.74) is 4.99. The molecule has 0 aromatic heterocycles. The van der Waals surface area contributed by atoms with E-state index < -0.39 is 17.7 Å². The van der Waals surface area contributed by atoms with Crippen molar-refractivity contribution in [1.29, 1.82) is 0 Å². The molecule has 0 aliphatic heterocycles. The van der Waals surface area contributed by atoms with Crippen LogP contribution in [-0.2, 0) is 0 Å². The zero-order chi connectivity index (χ0) is 16.2. The first kappa shape index (κ1) is 16.6. The summed E-state index contributed by atoms with van der Waals surface area (Å²) in [6.45, 7) is -0.134. The maximum Gasteiger partial charge on any atom is 0.391 e. The van der Waals surface area contributed by atoms with Crippen molar-refractivity contribution in [3.8, 4) is 0 Å². The Kier molecular flexibility index (Phi) is 4.95. The molecule has 1 aliphatic rings. The van der Waals surface area contributed by atoms with E-state index in [0.29, 0.717) is 12.8 Å². The number of guanidine groups is 1. The minimum atomic E-state index is -4.27. The van der Waals surface area contributed by atoms with Gasteiger partial charge in [0.05, 0.1) is 18.1 Å². The summed E-state index contributed by atoms with van der Waals surface area (Å²) >= 11 is 0. The van der Waals surface area contributed by atoms with Crippen LogP contribution in [0.15, 0.2) is 35.3 Å². The monoisotopic (exact) mass is 315 g/mol. The largest absolute Gasteiger partial charge is 0.391 e. The molecule has 2 rings (SSSR count). The second-order valence-corrected chi connectivity index (χ2v) is 5.75. The molecule has 1 aromatic rings. The van der Waals surface area contributed by atoms with Crippen LogP contribution in [0.3, 0.4) is 0 Å². The first-order valence-electron chi connectivity index (χ1n) is 7.20. The van der Waals surface area contributed by atoms with Gasteiger partial charge in [0, 0.05) is 5.69 Å². The van der Waals surface area contributed by atoms with E-state index in [4.69, 9.17) is 5.73 Å². The second-order valence-electron chi connectivity index (χ2n) is 5.75. The van der Waals surface area contributed by atoms with Crippen LogP contribution < -0.4 is 11.1 Å². The third kappa shape index (κ3) is 4.62. The van der Waals surface area contributed by atoms with Crippen molar-refractivity contribution in [3.63, 3.8) is 0 Å². The fourth-order valence-corrected chi connectivity index (χ4v) is 2.70. The number of nitrogens with zero attached hydrogens (tertiary/aromatic N) is 1. The number of nitrogens with one attached hydrogen (secondary N) is 1. The van der Waals surface area contributed by atoms with Crippen LogP contribution in [0.1, 0.15) is 25.7 Å².